The number of nitrogens with one attached hydrogen (secondary N) is 1. The molecule has 0 bridgehead atoms. The summed E-state index contributed by atoms with van der Waals surface area (Å²) in [5.74, 6) is -0.867. The fraction of sp³-hybridized carbons (Fsp3) is 0.211. The summed E-state index contributed by atoms with van der Waals surface area (Å²) in [6, 6.07) is 13.3. The minimum Gasteiger partial charge on any atom is -0.345 e. The van der Waals surface area contributed by atoms with Crippen LogP contribution in [0.15, 0.2) is 59.1 Å². The number of benzene rings is 2. The fourth-order valence-corrected chi connectivity index (χ4v) is 3.93. The molecule has 29 heavy (non-hydrogen) atoms. The number of aromatic nitrogens is 2. The Morgan fingerprint density at radius 2 is 1.83 bits per heavy atom. The van der Waals surface area contributed by atoms with Gasteiger partial charge in [0.15, 0.2) is 0 Å². The number of carbonyl (C=O) groups is 1. The predicted molar refractivity (Wildman–Crippen MR) is 105 cm³/mol. The summed E-state index contributed by atoms with van der Waals surface area (Å²) >= 11 is 0. The average Bonchev–Trinajstić information content (AvgIpc) is 3.16. The number of hydrogen-bond donors (Lipinski definition) is 1. The van der Waals surface area contributed by atoms with E-state index in [0.717, 1.165) is 22.2 Å². The maximum Gasteiger partial charge on any atom is 0.246 e. The lowest BCUT2D eigenvalue weighted by molar-refractivity contribution is -0.122. The van der Waals surface area contributed by atoms with E-state index in [1.165, 1.54) is 25.1 Å². The Bertz CT molecular complexity index is 1100. The zero-order valence-electron chi connectivity index (χ0n) is 15.7. The SMILES string of the molecule is C[C@@H](C(=O)NCc1nc(-c2ccccc2)no1)N(c1ccccc1F)S(C)(=O)=O. The van der Waals surface area contributed by atoms with Crippen molar-refractivity contribution in [1.29, 1.82) is 0 Å². The van der Waals surface area contributed by atoms with Gasteiger partial charge >= 0.3 is 0 Å². The van der Waals surface area contributed by atoms with Crippen molar-refractivity contribution < 1.29 is 22.1 Å². The van der Waals surface area contributed by atoms with Crippen molar-refractivity contribution in [3.8, 4) is 11.4 Å². The quantitative estimate of drug-likeness (QED) is 0.631. The van der Waals surface area contributed by atoms with Crippen molar-refractivity contribution in [2.45, 2.75) is 19.5 Å². The highest BCUT2D eigenvalue weighted by Crippen LogP contribution is 2.24. The Labute approximate surface area is 167 Å². The van der Waals surface area contributed by atoms with Gasteiger partial charge in [-0.3, -0.25) is 9.10 Å². The van der Waals surface area contributed by atoms with Crippen molar-refractivity contribution in [1.82, 2.24) is 15.5 Å². The lowest BCUT2D eigenvalue weighted by atomic mass is 10.2. The van der Waals surface area contributed by atoms with E-state index >= 15 is 0 Å². The lowest BCUT2D eigenvalue weighted by Crippen LogP contribution is -2.48. The number of para-hydroxylation sites is 1. The second kappa shape index (κ2) is 8.39. The summed E-state index contributed by atoms with van der Waals surface area (Å²) in [6.45, 7) is 1.27. The highest BCUT2D eigenvalue weighted by molar-refractivity contribution is 7.92. The van der Waals surface area contributed by atoms with E-state index in [2.05, 4.69) is 15.5 Å². The molecule has 2 aromatic carbocycles. The molecule has 152 valence electrons. The first-order valence-electron chi connectivity index (χ1n) is 8.67. The molecule has 1 atom stereocenters. The Kier molecular flexibility index (Phi) is 5.92. The summed E-state index contributed by atoms with van der Waals surface area (Å²) in [4.78, 5) is 16.7. The number of amides is 1. The van der Waals surface area contributed by atoms with Gasteiger partial charge in [0.25, 0.3) is 0 Å². The molecule has 0 unspecified atom stereocenters. The topological polar surface area (TPSA) is 105 Å². The highest BCUT2D eigenvalue weighted by Gasteiger charge is 2.31. The van der Waals surface area contributed by atoms with Gasteiger partial charge in [-0.25, -0.2) is 12.8 Å². The summed E-state index contributed by atoms with van der Waals surface area (Å²) in [5, 5.41) is 6.39. The van der Waals surface area contributed by atoms with Gasteiger partial charge in [0.05, 0.1) is 18.5 Å². The van der Waals surface area contributed by atoms with E-state index < -0.39 is 27.8 Å². The maximum atomic E-state index is 14.1. The summed E-state index contributed by atoms with van der Waals surface area (Å²) in [6.07, 6.45) is 0.910. The van der Waals surface area contributed by atoms with Gasteiger partial charge < -0.3 is 9.84 Å². The fourth-order valence-electron chi connectivity index (χ4n) is 2.75. The van der Waals surface area contributed by atoms with Gasteiger partial charge in [0.1, 0.15) is 11.9 Å². The van der Waals surface area contributed by atoms with E-state index in [0.29, 0.717) is 5.82 Å². The third kappa shape index (κ3) is 4.77. The van der Waals surface area contributed by atoms with Crippen LogP contribution in [0, 0.1) is 5.82 Å². The molecule has 1 N–H and O–H groups in total. The molecule has 0 fully saturated rings. The average molecular weight is 418 g/mol. The third-order valence-electron chi connectivity index (χ3n) is 4.09. The van der Waals surface area contributed by atoms with Crippen LogP contribution in [0.1, 0.15) is 12.8 Å². The van der Waals surface area contributed by atoms with E-state index in [1.54, 1.807) is 0 Å². The molecular weight excluding hydrogens is 399 g/mol. The van der Waals surface area contributed by atoms with Crippen LogP contribution in [0.3, 0.4) is 0 Å². The van der Waals surface area contributed by atoms with Gasteiger partial charge in [-0.05, 0) is 19.1 Å². The number of halogens is 1. The van der Waals surface area contributed by atoms with E-state index in [1.807, 2.05) is 30.3 Å². The molecule has 8 nitrogen and oxygen atoms in total. The van der Waals surface area contributed by atoms with E-state index in [4.69, 9.17) is 4.52 Å². The zero-order chi connectivity index (χ0) is 21.0. The molecule has 3 rings (SSSR count). The van der Waals surface area contributed by atoms with Crippen LogP contribution in [-0.2, 0) is 21.4 Å². The largest absolute Gasteiger partial charge is 0.345 e. The Morgan fingerprint density at radius 3 is 2.48 bits per heavy atom. The molecule has 0 saturated carbocycles. The van der Waals surface area contributed by atoms with Crippen molar-refractivity contribution in [2.75, 3.05) is 10.6 Å². The van der Waals surface area contributed by atoms with Crippen LogP contribution < -0.4 is 9.62 Å². The van der Waals surface area contributed by atoms with Gasteiger partial charge in [0, 0.05) is 5.56 Å². The van der Waals surface area contributed by atoms with Gasteiger partial charge in [-0.2, -0.15) is 4.98 Å². The Morgan fingerprint density at radius 1 is 1.17 bits per heavy atom. The number of sulfonamides is 1. The number of anilines is 1. The van der Waals surface area contributed by atoms with Gasteiger partial charge in [-0.15, -0.1) is 0 Å². The van der Waals surface area contributed by atoms with Crippen LogP contribution in [-0.4, -0.2) is 36.8 Å². The molecule has 1 heterocycles. The minimum absolute atomic E-state index is 0.0993. The summed E-state index contributed by atoms with van der Waals surface area (Å²) < 4.78 is 44.4. The minimum atomic E-state index is -3.92. The van der Waals surface area contributed by atoms with Gasteiger partial charge in [-0.1, -0.05) is 47.6 Å². The van der Waals surface area contributed by atoms with Crippen molar-refractivity contribution in [2.24, 2.45) is 0 Å². The molecule has 1 aromatic heterocycles. The van der Waals surface area contributed by atoms with E-state index in [9.17, 15) is 17.6 Å². The lowest BCUT2D eigenvalue weighted by Gasteiger charge is -2.28. The van der Waals surface area contributed by atoms with Gasteiger partial charge in [0.2, 0.25) is 27.6 Å². The first-order chi connectivity index (χ1) is 13.8. The predicted octanol–water partition coefficient (Wildman–Crippen LogP) is 2.35. The van der Waals surface area contributed by atoms with Crippen LogP contribution in [0.4, 0.5) is 10.1 Å². The van der Waals surface area contributed by atoms with Crippen LogP contribution in [0.2, 0.25) is 0 Å². The Balaban J connectivity index is 1.73. The zero-order valence-corrected chi connectivity index (χ0v) is 16.6. The van der Waals surface area contributed by atoms with E-state index in [-0.39, 0.29) is 18.1 Å². The second-order valence-electron chi connectivity index (χ2n) is 6.28. The normalized spacial score (nSPS) is 12.4. The number of carbonyl (C=O) groups excluding carboxylic acids is 1. The molecule has 0 aliphatic rings. The Hall–Kier alpha value is -3.27. The molecule has 1 amide bonds. The van der Waals surface area contributed by atoms with Crippen LogP contribution in [0.5, 0.6) is 0 Å². The number of nitrogens with zero attached hydrogens (tertiary/aromatic N) is 3. The summed E-state index contributed by atoms with van der Waals surface area (Å²) in [7, 11) is -3.92. The smallest absolute Gasteiger partial charge is 0.246 e. The summed E-state index contributed by atoms with van der Waals surface area (Å²) in [5.41, 5.74) is 0.548. The first-order valence-corrected chi connectivity index (χ1v) is 10.5. The first kappa shape index (κ1) is 20.5. The molecule has 0 saturated heterocycles. The molecule has 3 aromatic rings. The number of rotatable bonds is 7. The third-order valence-corrected chi connectivity index (χ3v) is 5.32. The van der Waals surface area contributed by atoms with Crippen molar-refractivity contribution >= 4 is 21.6 Å². The molecular formula is C19H19FN4O4S. The second-order valence-corrected chi connectivity index (χ2v) is 8.14. The van der Waals surface area contributed by atoms with Crippen molar-refractivity contribution in [3.63, 3.8) is 0 Å². The van der Waals surface area contributed by atoms with Crippen LogP contribution >= 0.6 is 0 Å². The molecule has 0 aliphatic carbocycles. The monoisotopic (exact) mass is 418 g/mol. The maximum absolute atomic E-state index is 14.1. The molecule has 0 aliphatic heterocycles. The molecule has 0 radical (unpaired) electrons. The standard InChI is InChI=1S/C19H19FN4O4S/c1-13(24(29(2,26)27)16-11-7-6-10-15(16)20)19(25)21-12-17-22-18(23-28-17)14-8-4-3-5-9-14/h3-11,13H,12H2,1-2H3,(H,21,25)/t13-/m0/s1. The van der Waals surface area contributed by atoms with Crippen molar-refractivity contribution in [3.05, 3.63) is 66.3 Å². The molecule has 10 heteroatoms. The molecule has 0 spiro atoms. The number of hydrogen-bond acceptors (Lipinski definition) is 6. The highest BCUT2D eigenvalue weighted by atomic mass is 32.2. The van der Waals surface area contributed by atoms with Crippen LogP contribution in [0.25, 0.3) is 11.4 Å².